The number of nitrogens with zero attached hydrogens (tertiary/aromatic N) is 1. The first-order valence-electron chi connectivity index (χ1n) is 4.76. The van der Waals surface area contributed by atoms with Gasteiger partial charge in [-0.15, -0.1) is 0 Å². The minimum Gasteiger partial charge on any atom is -0.383 e. The van der Waals surface area contributed by atoms with E-state index in [2.05, 4.69) is 5.32 Å². The summed E-state index contributed by atoms with van der Waals surface area (Å²) < 4.78 is 17.6. The first-order valence-corrected chi connectivity index (χ1v) is 4.76. The highest BCUT2D eigenvalue weighted by atomic mass is 19.1. The second-order valence-electron chi connectivity index (χ2n) is 3.55. The summed E-state index contributed by atoms with van der Waals surface area (Å²) in [4.78, 5) is 13.2. The quantitative estimate of drug-likeness (QED) is 0.689. The van der Waals surface area contributed by atoms with E-state index in [0.29, 0.717) is 13.2 Å². The highest BCUT2D eigenvalue weighted by Crippen LogP contribution is 2.11. The van der Waals surface area contributed by atoms with Gasteiger partial charge in [0.15, 0.2) is 0 Å². The second kappa shape index (κ2) is 5.26. The van der Waals surface area contributed by atoms with E-state index in [-0.39, 0.29) is 24.9 Å². The molecule has 1 heterocycles. The normalized spacial score (nSPS) is 26.5. The van der Waals surface area contributed by atoms with E-state index < -0.39 is 6.17 Å². The molecule has 1 aliphatic rings. The van der Waals surface area contributed by atoms with Crippen LogP contribution in [0.5, 0.6) is 0 Å². The minimum atomic E-state index is -0.889. The van der Waals surface area contributed by atoms with Crippen LogP contribution < -0.4 is 5.32 Å². The van der Waals surface area contributed by atoms with Crippen molar-refractivity contribution in [3.8, 4) is 0 Å². The van der Waals surface area contributed by atoms with E-state index in [4.69, 9.17) is 4.74 Å². The molecule has 0 aromatic heterocycles. The average Bonchev–Trinajstić information content (AvgIpc) is 2.60. The van der Waals surface area contributed by atoms with Crippen molar-refractivity contribution in [2.24, 2.45) is 0 Å². The molecular weight excluding hydrogens is 187 g/mol. The van der Waals surface area contributed by atoms with Gasteiger partial charge >= 0.3 is 0 Å². The van der Waals surface area contributed by atoms with Crippen molar-refractivity contribution in [1.82, 2.24) is 10.2 Å². The molecule has 82 valence electrons. The third kappa shape index (κ3) is 2.92. The predicted octanol–water partition coefficient (Wildman–Crippen LogP) is -0.209. The van der Waals surface area contributed by atoms with Crippen LogP contribution in [0.4, 0.5) is 4.39 Å². The molecular formula is C9H17FN2O2. The molecule has 4 nitrogen and oxygen atoms in total. The van der Waals surface area contributed by atoms with Gasteiger partial charge in [0.25, 0.3) is 0 Å². The third-order valence-electron chi connectivity index (χ3n) is 2.38. The Hall–Kier alpha value is -0.680. The molecule has 0 aliphatic carbocycles. The van der Waals surface area contributed by atoms with E-state index in [1.165, 1.54) is 0 Å². The summed E-state index contributed by atoms with van der Waals surface area (Å²) in [5.74, 6) is -0.0535. The number of hydrogen-bond acceptors (Lipinski definition) is 3. The number of nitrogens with one attached hydrogen (secondary N) is 1. The smallest absolute Gasteiger partial charge is 0.239 e. The van der Waals surface area contributed by atoms with Gasteiger partial charge in [-0.2, -0.15) is 0 Å². The van der Waals surface area contributed by atoms with Crippen LogP contribution in [0.2, 0.25) is 0 Å². The van der Waals surface area contributed by atoms with Crippen molar-refractivity contribution in [3.63, 3.8) is 0 Å². The number of carbonyl (C=O) groups excluding carboxylic acids is 1. The van der Waals surface area contributed by atoms with Gasteiger partial charge in [0.2, 0.25) is 5.91 Å². The summed E-state index contributed by atoms with van der Waals surface area (Å²) in [5, 5.41) is 2.86. The second-order valence-corrected chi connectivity index (χ2v) is 3.55. The lowest BCUT2D eigenvalue weighted by molar-refractivity contribution is -0.132. The highest BCUT2D eigenvalue weighted by molar-refractivity contribution is 5.82. The molecule has 0 radical (unpaired) electrons. The number of amides is 1. The summed E-state index contributed by atoms with van der Waals surface area (Å²) in [6, 6.07) is -0.355. The van der Waals surface area contributed by atoms with E-state index in [1.807, 2.05) is 0 Å². The predicted molar refractivity (Wildman–Crippen MR) is 50.8 cm³/mol. The lowest BCUT2D eigenvalue weighted by atomic mass is 10.2. The molecule has 14 heavy (non-hydrogen) atoms. The van der Waals surface area contributed by atoms with Gasteiger partial charge < -0.3 is 15.0 Å². The zero-order chi connectivity index (χ0) is 10.6. The Morgan fingerprint density at radius 3 is 2.93 bits per heavy atom. The van der Waals surface area contributed by atoms with E-state index in [9.17, 15) is 9.18 Å². The summed E-state index contributed by atoms with van der Waals surface area (Å²) in [5.41, 5.74) is 0. The Morgan fingerprint density at radius 1 is 1.71 bits per heavy atom. The number of halogens is 1. The lowest BCUT2D eigenvalue weighted by Gasteiger charge is -2.20. The van der Waals surface area contributed by atoms with Gasteiger partial charge in [-0.05, 0) is 0 Å². The number of methoxy groups -OCH3 is 1. The zero-order valence-electron chi connectivity index (χ0n) is 8.62. The van der Waals surface area contributed by atoms with Crippen LogP contribution in [0.3, 0.4) is 0 Å². The first kappa shape index (κ1) is 11.4. The molecule has 1 saturated heterocycles. The van der Waals surface area contributed by atoms with Crippen molar-refractivity contribution in [2.75, 3.05) is 33.9 Å². The van der Waals surface area contributed by atoms with E-state index >= 15 is 0 Å². The Balaban J connectivity index is 2.32. The molecule has 1 fully saturated rings. The SMILES string of the molecule is COCCN(C)C(=O)[C@H]1C[C@H](F)CN1. The minimum absolute atomic E-state index is 0.0535. The molecule has 0 unspecified atom stereocenters. The van der Waals surface area contributed by atoms with Crippen LogP contribution in [0.15, 0.2) is 0 Å². The number of carbonyl (C=O) groups is 1. The molecule has 1 aliphatic heterocycles. The van der Waals surface area contributed by atoms with Crippen molar-refractivity contribution in [1.29, 1.82) is 0 Å². The Morgan fingerprint density at radius 2 is 2.43 bits per heavy atom. The highest BCUT2D eigenvalue weighted by Gasteiger charge is 2.30. The lowest BCUT2D eigenvalue weighted by Crippen LogP contribution is -2.42. The van der Waals surface area contributed by atoms with Crippen LogP contribution >= 0.6 is 0 Å². The van der Waals surface area contributed by atoms with Gasteiger partial charge in [0, 0.05) is 33.7 Å². The maximum atomic E-state index is 12.8. The maximum Gasteiger partial charge on any atom is 0.239 e. The van der Waals surface area contributed by atoms with Crippen LogP contribution in [-0.2, 0) is 9.53 Å². The molecule has 2 atom stereocenters. The molecule has 0 bridgehead atoms. The van der Waals surface area contributed by atoms with Crippen LogP contribution in [0.1, 0.15) is 6.42 Å². The number of likely N-dealkylation sites (N-methyl/N-ethyl adjacent to an activating group) is 1. The van der Waals surface area contributed by atoms with Gasteiger partial charge in [0.05, 0.1) is 12.6 Å². The molecule has 1 N–H and O–H groups in total. The largest absolute Gasteiger partial charge is 0.383 e. The zero-order valence-corrected chi connectivity index (χ0v) is 8.62. The van der Waals surface area contributed by atoms with Crippen LogP contribution in [0.25, 0.3) is 0 Å². The monoisotopic (exact) mass is 204 g/mol. The maximum absolute atomic E-state index is 12.8. The third-order valence-corrected chi connectivity index (χ3v) is 2.38. The Labute approximate surface area is 83.4 Å². The van der Waals surface area contributed by atoms with Gasteiger partial charge in [-0.3, -0.25) is 4.79 Å². The van der Waals surface area contributed by atoms with Crippen molar-refractivity contribution >= 4 is 5.91 Å². The van der Waals surface area contributed by atoms with Gasteiger partial charge in [-0.25, -0.2) is 4.39 Å². The number of rotatable bonds is 4. The summed E-state index contributed by atoms with van der Waals surface area (Å²) in [6.07, 6.45) is -0.601. The fourth-order valence-electron chi connectivity index (χ4n) is 1.49. The van der Waals surface area contributed by atoms with Gasteiger partial charge in [-0.1, -0.05) is 0 Å². The number of hydrogen-bond donors (Lipinski definition) is 1. The van der Waals surface area contributed by atoms with Crippen LogP contribution in [-0.4, -0.2) is 56.9 Å². The van der Waals surface area contributed by atoms with Gasteiger partial charge in [0.1, 0.15) is 6.17 Å². The molecule has 0 saturated carbocycles. The number of alkyl halides is 1. The molecule has 0 aromatic rings. The van der Waals surface area contributed by atoms with Crippen molar-refractivity contribution in [3.05, 3.63) is 0 Å². The standard InChI is InChI=1S/C9H17FN2O2/c1-12(3-4-14-2)9(13)8-5-7(10)6-11-8/h7-8,11H,3-6H2,1-2H3/t7-,8+/m0/s1. The Kier molecular flexibility index (Phi) is 4.28. The van der Waals surface area contributed by atoms with E-state index in [0.717, 1.165) is 0 Å². The van der Waals surface area contributed by atoms with Crippen molar-refractivity contribution in [2.45, 2.75) is 18.6 Å². The summed E-state index contributed by atoms with van der Waals surface area (Å²) in [7, 11) is 3.29. The average molecular weight is 204 g/mol. The number of ether oxygens (including phenoxy) is 1. The molecule has 1 rings (SSSR count). The van der Waals surface area contributed by atoms with Crippen molar-refractivity contribution < 1.29 is 13.9 Å². The topological polar surface area (TPSA) is 41.6 Å². The van der Waals surface area contributed by atoms with E-state index in [1.54, 1.807) is 19.1 Å². The van der Waals surface area contributed by atoms with Crippen LogP contribution in [0, 0.1) is 0 Å². The Bertz CT molecular complexity index is 201. The molecule has 0 aromatic carbocycles. The fourth-order valence-corrected chi connectivity index (χ4v) is 1.49. The fraction of sp³-hybridized carbons (Fsp3) is 0.889. The summed E-state index contributed by atoms with van der Waals surface area (Å²) in [6.45, 7) is 1.34. The summed E-state index contributed by atoms with van der Waals surface area (Å²) >= 11 is 0. The first-order chi connectivity index (χ1) is 6.65. The molecule has 0 spiro atoms. The molecule has 1 amide bonds. The molecule has 5 heteroatoms.